The van der Waals surface area contributed by atoms with Crippen LogP contribution in [0.4, 0.5) is 4.79 Å². The molecule has 1 aromatic carbocycles. The fourth-order valence-electron chi connectivity index (χ4n) is 1.07. The summed E-state index contributed by atoms with van der Waals surface area (Å²) in [6.07, 6.45) is 0.271. The molecule has 74 valence electrons. The van der Waals surface area contributed by atoms with E-state index >= 15 is 0 Å². The van der Waals surface area contributed by atoms with Crippen molar-refractivity contribution in [2.75, 3.05) is 6.54 Å². The van der Waals surface area contributed by atoms with Crippen LogP contribution in [0.3, 0.4) is 0 Å². The molecule has 14 heavy (non-hydrogen) atoms. The van der Waals surface area contributed by atoms with Gasteiger partial charge >= 0.3 is 6.03 Å². The number of nitrogens with one attached hydrogen (secondary N) is 1. The number of carbonyl (C=O) groups is 2. The molecule has 0 heterocycles. The highest BCUT2D eigenvalue weighted by atomic mass is 16.2. The predicted octanol–water partition coefficient (Wildman–Crippen LogP) is 0.928. The topological polar surface area (TPSA) is 72.2 Å². The largest absolute Gasteiger partial charge is 0.352 e. The molecule has 4 heteroatoms. The number of hydrogen-bond donors (Lipinski definition) is 2. The number of nitrogens with two attached hydrogens (primary N) is 1. The molecule has 4 nitrogen and oxygen atoms in total. The van der Waals surface area contributed by atoms with E-state index in [2.05, 4.69) is 5.32 Å². The fraction of sp³-hybridized carbons (Fsp3) is 0.200. The van der Waals surface area contributed by atoms with E-state index in [9.17, 15) is 9.59 Å². The first-order valence-electron chi connectivity index (χ1n) is 4.31. The number of urea groups is 1. The zero-order chi connectivity index (χ0) is 10.4. The van der Waals surface area contributed by atoms with E-state index in [-0.39, 0.29) is 18.7 Å². The van der Waals surface area contributed by atoms with Gasteiger partial charge in [0, 0.05) is 18.5 Å². The molecule has 0 unspecified atom stereocenters. The number of hydrogen-bond acceptors (Lipinski definition) is 2. The van der Waals surface area contributed by atoms with Gasteiger partial charge < -0.3 is 11.1 Å². The average molecular weight is 192 g/mol. The molecule has 0 bridgehead atoms. The van der Waals surface area contributed by atoms with Crippen LogP contribution in [0.2, 0.25) is 0 Å². The summed E-state index contributed by atoms with van der Waals surface area (Å²) in [5.74, 6) is -0.000602. The molecule has 3 N–H and O–H groups in total. The Kier molecular flexibility index (Phi) is 3.67. The minimum absolute atomic E-state index is 0.000602. The fourth-order valence-corrected chi connectivity index (χ4v) is 1.07. The molecular formula is C10H12N2O2. The average Bonchev–Trinajstić information content (AvgIpc) is 2.18. The molecule has 2 amide bonds. The van der Waals surface area contributed by atoms with Gasteiger partial charge in [0.05, 0.1) is 0 Å². The van der Waals surface area contributed by atoms with Gasteiger partial charge in [0.1, 0.15) is 0 Å². The van der Waals surface area contributed by atoms with Gasteiger partial charge in [0.25, 0.3) is 0 Å². The van der Waals surface area contributed by atoms with Crippen LogP contribution in [0.25, 0.3) is 0 Å². The highest BCUT2D eigenvalue weighted by molar-refractivity contribution is 5.96. The van der Waals surface area contributed by atoms with Gasteiger partial charge in [-0.05, 0) is 0 Å². The van der Waals surface area contributed by atoms with E-state index in [1.165, 1.54) is 0 Å². The zero-order valence-corrected chi connectivity index (χ0v) is 7.69. The third kappa shape index (κ3) is 3.26. The maximum absolute atomic E-state index is 11.4. The maximum Gasteiger partial charge on any atom is 0.312 e. The van der Waals surface area contributed by atoms with Crippen molar-refractivity contribution in [2.24, 2.45) is 5.73 Å². The molecule has 0 aliphatic rings. The Morgan fingerprint density at radius 2 is 1.86 bits per heavy atom. The monoisotopic (exact) mass is 192 g/mol. The highest BCUT2D eigenvalue weighted by Gasteiger charge is 2.04. The van der Waals surface area contributed by atoms with E-state index < -0.39 is 6.03 Å². The SMILES string of the molecule is NC(=O)NCCC(=O)c1ccccc1. The molecule has 0 saturated carbocycles. The van der Waals surface area contributed by atoms with Crippen LogP contribution in [0.15, 0.2) is 30.3 Å². The summed E-state index contributed by atoms with van der Waals surface area (Å²) in [6, 6.07) is 8.33. The first kappa shape index (κ1) is 10.2. The third-order valence-corrected chi connectivity index (χ3v) is 1.75. The maximum atomic E-state index is 11.4. The number of benzene rings is 1. The Hall–Kier alpha value is -1.84. The Labute approximate surface area is 82.1 Å². The Balaban J connectivity index is 2.40. The normalized spacial score (nSPS) is 9.43. The van der Waals surface area contributed by atoms with Crippen molar-refractivity contribution in [1.82, 2.24) is 5.32 Å². The van der Waals surface area contributed by atoms with Gasteiger partial charge in [-0.3, -0.25) is 4.79 Å². The minimum atomic E-state index is -0.606. The highest BCUT2D eigenvalue weighted by Crippen LogP contribution is 2.01. The third-order valence-electron chi connectivity index (χ3n) is 1.75. The summed E-state index contributed by atoms with van der Waals surface area (Å²) in [5, 5.41) is 2.36. The van der Waals surface area contributed by atoms with Crippen LogP contribution in [0, 0.1) is 0 Å². The number of Topliss-reactive ketones (excluding diaryl/α,β-unsaturated/α-hetero) is 1. The molecule has 0 aliphatic heterocycles. The van der Waals surface area contributed by atoms with Gasteiger partial charge in [-0.2, -0.15) is 0 Å². The first-order valence-corrected chi connectivity index (χ1v) is 4.31. The predicted molar refractivity (Wildman–Crippen MR) is 53.0 cm³/mol. The zero-order valence-electron chi connectivity index (χ0n) is 7.69. The van der Waals surface area contributed by atoms with Gasteiger partial charge in [0.15, 0.2) is 5.78 Å². The van der Waals surface area contributed by atoms with E-state index in [4.69, 9.17) is 5.73 Å². The lowest BCUT2D eigenvalue weighted by molar-refractivity contribution is 0.0983. The van der Waals surface area contributed by atoms with Crippen LogP contribution >= 0.6 is 0 Å². The summed E-state index contributed by atoms with van der Waals surface area (Å²) in [5.41, 5.74) is 5.51. The van der Waals surface area contributed by atoms with Crippen molar-refractivity contribution in [3.8, 4) is 0 Å². The second kappa shape index (κ2) is 5.01. The van der Waals surface area contributed by atoms with Crippen LogP contribution < -0.4 is 11.1 Å². The second-order valence-corrected chi connectivity index (χ2v) is 2.83. The van der Waals surface area contributed by atoms with Crippen molar-refractivity contribution in [1.29, 1.82) is 0 Å². The molecule has 0 atom stereocenters. The van der Waals surface area contributed by atoms with Crippen LogP contribution in [-0.4, -0.2) is 18.4 Å². The number of carbonyl (C=O) groups excluding carboxylic acids is 2. The van der Waals surface area contributed by atoms with E-state index in [0.717, 1.165) is 0 Å². The Bertz CT molecular complexity index is 322. The lowest BCUT2D eigenvalue weighted by Crippen LogP contribution is -2.31. The second-order valence-electron chi connectivity index (χ2n) is 2.83. The summed E-state index contributed by atoms with van der Waals surface area (Å²) < 4.78 is 0. The van der Waals surface area contributed by atoms with Gasteiger partial charge in [0.2, 0.25) is 0 Å². The van der Waals surface area contributed by atoms with E-state index in [1.54, 1.807) is 24.3 Å². The lowest BCUT2D eigenvalue weighted by atomic mass is 10.1. The van der Waals surface area contributed by atoms with Crippen LogP contribution in [0.1, 0.15) is 16.8 Å². The van der Waals surface area contributed by atoms with Crippen molar-refractivity contribution >= 4 is 11.8 Å². The summed E-state index contributed by atoms with van der Waals surface area (Å²) in [6.45, 7) is 0.281. The van der Waals surface area contributed by atoms with Gasteiger partial charge in [-0.1, -0.05) is 30.3 Å². The van der Waals surface area contributed by atoms with Crippen LogP contribution in [-0.2, 0) is 0 Å². The molecule has 0 aromatic heterocycles. The molecule has 0 spiro atoms. The number of rotatable bonds is 4. The van der Waals surface area contributed by atoms with Crippen LogP contribution in [0.5, 0.6) is 0 Å². The van der Waals surface area contributed by atoms with E-state index in [1.807, 2.05) is 6.07 Å². The lowest BCUT2D eigenvalue weighted by Gasteiger charge is -2.01. The molecule has 1 rings (SSSR count). The molecule has 0 saturated heterocycles. The number of ketones is 1. The summed E-state index contributed by atoms with van der Waals surface area (Å²) in [4.78, 5) is 21.8. The molecule has 1 aromatic rings. The van der Waals surface area contributed by atoms with Crippen molar-refractivity contribution in [2.45, 2.75) is 6.42 Å². The Morgan fingerprint density at radius 3 is 2.43 bits per heavy atom. The van der Waals surface area contributed by atoms with E-state index in [0.29, 0.717) is 5.56 Å². The molecule has 0 radical (unpaired) electrons. The number of primary amides is 1. The Morgan fingerprint density at radius 1 is 1.21 bits per heavy atom. The minimum Gasteiger partial charge on any atom is -0.352 e. The number of amides is 2. The smallest absolute Gasteiger partial charge is 0.312 e. The quantitative estimate of drug-likeness (QED) is 0.696. The van der Waals surface area contributed by atoms with Crippen molar-refractivity contribution in [3.63, 3.8) is 0 Å². The van der Waals surface area contributed by atoms with Crippen molar-refractivity contribution < 1.29 is 9.59 Å². The van der Waals surface area contributed by atoms with Gasteiger partial charge in [-0.25, -0.2) is 4.79 Å². The van der Waals surface area contributed by atoms with Gasteiger partial charge in [-0.15, -0.1) is 0 Å². The standard InChI is InChI=1S/C10H12N2O2/c11-10(14)12-7-6-9(13)8-4-2-1-3-5-8/h1-5H,6-7H2,(H3,11,12,14). The van der Waals surface area contributed by atoms with Crippen molar-refractivity contribution in [3.05, 3.63) is 35.9 Å². The molecule has 0 fully saturated rings. The molecule has 0 aliphatic carbocycles. The summed E-state index contributed by atoms with van der Waals surface area (Å²) >= 11 is 0. The summed E-state index contributed by atoms with van der Waals surface area (Å²) in [7, 11) is 0. The first-order chi connectivity index (χ1) is 6.70. The molecular weight excluding hydrogens is 180 g/mol.